The number of anilines is 1. The zero-order valence-corrected chi connectivity index (χ0v) is 29.1. The number of rotatable bonds is 8. The highest BCUT2D eigenvalue weighted by molar-refractivity contribution is 6.02. The Labute approximate surface area is 289 Å². The minimum Gasteiger partial charge on any atom is -0.468 e. The van der Waals surface area contributed by atoms with E-state index in [1.807, 2.05) is 32.6 Å². The van der Waals surface area contributed by atoms with E-state index in [2.05, 4.69) is 14.9 Å². The van der Waals surface area contributed by atoms with Gasteiger partial charge in [-0.3, -0.25) is 9.88 Å². The predicted molar refractivity (Wildman–Crippen MR) is 184 cm³/mol. The zero-order chi connectivity index (χ0) is 35.2. The number of benzene rings is 2. The SMILES string of the molecule is CCc1c(F)ccc2cc(OCOC)cc(-c3ncc4c(N5C[C@H]6CC[C@@H](C5)N6C(=O)OC(C)(C)C)nc(OC5CCOCC5)nc4c3F)c12. The molecule has 0 unspecified atom stereocenters. The van der Waals surface area contributed by atoms with Gasteiger partial charge in [-0.05, 0) is 74.6 Å². The van der Waals surface area contributed by atoms with Crippen LogP contribution in [-0.2, 0) is 20.6 Å². The summed E-state index contributed by atoms with van der Waals surface area (Å²) < 4.78 is 60.7. The molecule has 0 saturated carbocycles. The number of nitrogens with zero attached hydrogens (tertiary/aromatic N) is 5. The molecular weight excluding hydrogens is 648 g/mol. The van der Waals surface area contributed by atoms with Crippen LogP contribution in [0.3, 0.4) is 0 Å². The Morgan fingerprint density at radius 3 is 2.46 bits per heavy atom. The zero-order valence-electron chi connectivity index (χ0n) is 29.1. The number of aromatic nitrogens is 3. The Kier molecular flexibility index (Phi) is 9.38. The first-order chi connectivity index (χ1) is 24.0. The number of piperazine rings is 1. The largest absolute Gasteiger partial charge is 0.468 e. The first-order valence-electron chi connectivity index (χ1n) is 17.3. The van der Waals surface area contributed by atoms with Crippen LogP contribution in [-0.4, -0.2) is 89.9 Å². The van der Waals surface area contributed by atoms with Crippen LogP contribution in [0.25, 0.3) is 32.9 Å². The Balaban J connectivity index is 1.35. The molecular formula is C37H43F2N5O6. The molecule has 5 heterocycles. The van der Waals surface area contributed by atoms with Gasteiger partial charge in [0.1, 0.15) is 40.3 Å². The number of fused-ring (bicyclic) bond motifs is 4. The lowest BCUT2D eigenvalue weighted by molar-refractivity contribution is 0.0121. The third kappa shape index (κ3) is 6.60. The van der Waals surface area contributed by atoms with Crippen LogP contribution in [0.5, 0.6) is 11.8 Å². The molecule has 2 atom stereocenters. The molecule has 0 spiro atoms. The van der Waals surface area contributed by atoms with Gasteiger partial charge in [-0.25, -0.2) is 13.6 Å². The van der Waals surface area contributed by atoms with E-state index in [-0.39, 0.29) is 54.1 Å². The van der Waals surface area contributed by atoms with Crippen LogP contribution in [0.15, 0.2) is 30.5 Å². The smallest absolute Gasteiger partial charge is 0.410 e. The maximum Gasteiger partial charge on any atom is 0.410 e. The lowest BCUT2D eigenvalue weighted by Gasteiger charge is -2.42. The highest BCUT2D eigenvalue weighted by atomic mass is 19.1. The fourth-order valence-corrected chi connectivity index (χ4v) is 7.37. The summed E-state index contributed by atoms with van der Waals surface area (Å²) >= 11 is 0. The van der Waals surface area contributed by atoms with Crippen molar-refractivity contribution >= 4 is 33.6 Å². The summed E-state index contributed by atoms with van der Waals surface area (Å²) in [5, 5.41) is 1.64. The fraction of sp³-hybridized carbons (Fsp3) is 0.514. The van der Waals surface area contributed by atoms with Gasteiger partial charge in [0.15, 0.2) is 12.6 Å². The molecule has 4 aromatic rings. The second-order valence-corrected chi connectivity index (χ2v) is 14.1. The Morgan fingerprint density at radius 2 is 1.78 bits per heavy atom. The van der Waals surface area contributed by atoms with Crippen LogP contribution in [0.4, 0.5) is 19.4 Å². The van der Waals surface area contributed by atoms with Crippen molar-refractivity contribution in [3.8, 4) is 23.0 Å². The monoisotopic (exact) mass is 691 g/mol. The van der Waals surface area contributed by atoms with Crippen molar-refractivity contribution in [3.63, 3.8) is 0 Å². The summed E-state index contributed by atoms with van der Waals surface area (Å²) in [7, 11) is 1.51. The number of amides is 1. The van der Waals surface area contributed by atoms with Gasteiger partial charge in [0.2, 0.25) is 0 Å². The quantitative estimate of drug-likeness (QED) is 0.183. The van der Waals surface area contributed by atoms with Crippen molar-refractivity contribution in [2.45, 2.75) is 83.6 Å². The summed E-state index contributed by atoms with van der Waals surface area (Å²) in [5.74, 6) is -0.160. The van der Waals surface area contributed by atoms with E-state index in [9.17, 15) is 4.79 Å². The second-order valence-electron chi connectivity index (χ2n) is 14.1. The van der Waals surface area contributed by atoms with Crippen LogP contribution < -0.4 is 14.4 Å². The van der Waals surface area contributed by atoms with Crippen molar-refractivity contribution in [2.75, 3.05) is 45.1 Å². The Bertz CT molecular complexity index is 1900. The minimum atomic E-state index is -0.685. The summed E-state index contributed by atoms with van der Waals surface area (Å²) in [6.07, 6.45) is 4.39. The first kappa shape index (κ1) is 34.1. The third-order valence-electron chi connectivity index (χ3n) is 9.56. The molecule has 2 bridgehead atoms. The molecule has 0 aliphatic carbocycles. The average Bonchev–Trinajstić information content (AvgIpc) is 3.36. The molecule has 3 aliphatic rings. The van der Waals surface area contributed by atoms with Gasteiger partial charge in [0, 0.05) is 44.8 Å². The van der Waals surface area contributed by atoms with Gasteiger partial charge >= 0.3 is 12.1 Å². The number of methoxy groups -OCH3 is 1. The van der Waals surface area contributed by atoms with Crippen LogP contribution in [0.2, 0.25) is 0 Å². The number of hydrogen-bond acceptors (Lipinski definition) is 10. The van der Waals surface area contributed by atoms with Crippen LogP contribution in [0, 0.1) is 11.6 Å². The minimum absolute atomic E-state index is 0.00199. The van der Waals surface area contributed by atoms with Gasteiger partial charge in [-0.15, -0.1) is 0 Å². The maximum atomic E-state index is 17.1. The number of carbonyl (C=O) groups is 1. The fourth-order valence-electron chi connectivity index (χ4n) is 7.37. The van der Waals surface area contributed by atoms with E-state index < -0.39 is 11.4 Å². The molecule has 3 fully saturated rings. The Morgan fingerprint density at radius 1 is 1.04 bits per heavy atom. The molecule has 2 aromatic heterocycles. The molecule has 266 valence electrons. The van der Waals surface area contributed by atoms with Gasteiger partial charge in [-0.1, -0.05) is 13.0 Å². The van der Waals surface area contributed by atoms with Crippen LogP contribution in [0.1, 0.15) is 58.9 Å². The van der Waals surface area contributed by atoms with Gasteiger partial charge < -0.3 is 28.6 Å². The molecule has 1 amide bonds. The van der Waals surface area contributed by atoms with E-state index in [1.165, 1.54) is 13.2 Å². The molecule has 3 saturated heterocycles. The standard InChI is InChI=1S/C37H43F2N5O6/c1-6-26-29(38)10-7-21-15-25(48-20-46-5)16-27(30(21)26)32-31(39)33-28(17-40-32)34(42-35(41-33)49-24-11-13-47-14-12-24)43-18-22-8-9-23(19-43)44(22)36(45)50-37(2,3)4/h7,10,15-17,22-24H,6,8-9,11-14,18-20H2,1-5H3/t22-,23+. The molecule has 2 aromatic carbocycles. The molecule has 3 aliphatic heterocycles. The Hall–Kier alpha value is -4.36. The number of halogens is 2. The van der Waals surface area contributed by atoms with Crippen molar-refractivity contribution in [3.05, 3.63) is 47.7 Å². The lowest BCUT2D eigenvalue weighted by atomic mass is 9.94. The van der Waals surface area contributed by atoms with E-state index in [4.69, 9.17) is 28.7 Å². The topological polar surface area (TPSA) is 108 Å². The molecule has 7 rings (SSSR count). The number of pyridine rings is 1. The highest BCUT2D eigenvalue weighted by Crippen LogP contribution is 2.41. The lowest BCUT2D eigenvalue weighted by Crippen LogP contribution is -2.57. The predicted octanol–water partition coefficient (Wildman–Crippen LogP) is 6.81. The van der Waals surface area contributed by atoms with Gasteiger partial charge in [0.25, 0.3) is 0 Å². The summed E-state index contributed by atoms with van der Waals surface area (Å²) in [5.41, 5.74) is 0.248. The van der Waals surface area contributed by atoms with E-state index >= 15 is 8.78 Å². The number of carbonyl (C=O) groups excluding carboxylic acids is 1. The number of ether oxygens (including phenoxy) is 5. The van der Waals surface area contributed by atoms with Crippen molar-refractivity contribution in [1.29, 1.82) is 0 Å². The van der Waals surface area contributed by atoms with Crippen molar-refractivity contribution in [2.24, 2.45) is 0 Å². The maximum absolute atomic E-state index is 17.1. The molecule has 0 N–H and O–H groups in total. The summed E-state index contributed by atoms with van der Waals surface area (Å²) in [6, 6.07) is 6.34. The van der Waals surface area contributed by atoms with E-state index in [1.54, 1.807) is 24.4 Å². The number of aryl methyl sites for hydroxylation is 1. The second kappa shape index (κ2) is 13.7. The van der Waals surface area contributed by atoms with Crippen molar-refractivity contribution in [1.82, 2.24) is 19.9 Å². The normalized spacial score (nSPS) is 19.7. The van der Waals surface area contributed by atoms with E-state index in [0.717, 1.165) is 12.8 Å². The third-order valence-corrected chi connectivity index (χ3v) is 9.56. The molecule has 50 heavy (non-hydrogen) atoms. The summed E-state index contributed by atoms with van der Waals surface area (Å²) in [6.45, 7) is 9.46. The molecule has 13 heteroatoms. The highest BCUT2D eigenvalue weighted by Gasteiger charge is 2.45. The van der Waals surface area contributed by atoms with E-state index in [0.29, 0.717) is 84.4 Å². The molecule has 11 nitrogen and oxygen atoms in total. The first-order valence-corrected chi connectivity index (χ1v) is 17.3. The van der Waals surface area contributed by atoms with Crippen LogP contribution >= 0.6 is 0 Å². The summed E-state index contributed by atoms with van der Waals surface area (Å²) in [4.78, 5) is 31.3. The van der Waals surface area contributed by atoms with Gasteiger partial charge in [0.05, 0.1) is 30.7 Å². The average molecular weight is 692 g/mol. The van der Waals surface area contributed by atoms with Gasteiger partial charge in [-0.2, -0.15) is 9.97 Å². The van der Waals surface area contributed by atoms with Crippen molar-refractivity contribution < 1.29 is 37.3 Å². The number of hydrogen-bond donors (Lipinski definition) is 0. The molecule has 0 radical (unpaired) electrons.